The third kappa shape index (κ3) is 2.54. The topological polar surface area (TPSA) is 56.5 Å². The molecular formula is C24H19N5. The molecule has 0 unspecified atom stereocenters. The van der Waals surface area contributed by atoms with Gasteiger partial charge in [0.2, 0.25) is 0 Å². The number of aryl methyl sites for hydroxylation is 1. The first-order valence-corrected chi connectivity index (χ1v) is 10.0. The normalized spacial score (nSPS) is 13.7. The number of rotatable bonds is 2. The van der Waals surface area contributed by atoms with Crippen LogP contribution in [0.1, 0.15) is 18.5 Å². The molecular weight excluding hydrogens is 358 g/mol. The second kappa shape index (κ2) is 6.48. The quantitative estimate of drug-likeness (QED) is 0.404. The Bertz CT molecular complexity index is 1350. The summed E-state index contributed by atoms with van der Waals surface area (Å²) in [6.45, 7) is 0.961. The number of hydrogen-bond acceptors (Lipinski definition) is 4. The maximum atomic E-state index is 4.98. The Morgan fingerprint density at radius 2 is 1.69 bits per heavy atom. The van der Waals surface area contributed by atoms with Crippen molar-refractivity contribution in [3.05, 3.63) is 72.8 Å². The van der Waals surface area contributed by atoms with Gasteiger partial charge >= 0.3 is 0 Å². The summed E-state index contributed by atoms with van der Waals surface area (Å²) in [7, 11) is 0. The van der Waals surface area contributed by atoms with Gasteiger partial charge in [-0.15, -0.1) is 0 Å². The van der Waals surface area contributed by atoms with Crippen molar-refractivity contribution in [3.8, 4) is 22.5 Å². The van der Waals surface area contributed by atoms with E-state index in [1.54, 1.807) is 0 Å². The van der Waals surface area contributed by atoms with Gasteiger partial charge in [0.05, 0.1) is 16.7 Å². The minimum Gasteiger partial charge on any atom is -0.268 e. The minimum absolute atomic E-state index is 0.910. The van der Waals surface area contributed by atoms with Gasteiger partial charge in [0.15, 0.2) is 0 Å². The molecule has 0 saturated heterocycles. The molecule has 5 heteroatoms. The molecule has 5 heterocycles. The van der Waals surface area contributed by atoms with Crippen LogP contribution in [0.4, 0.5) is 0 Å². The Hall–Kier alpha value is -3.60. The lowest BCUT2D eigenvalue weighted by molar-refractivity contribution is 0.487. The van der Waals surface area contributed by atoms with Crippen LogP contribution in [0, 0.1) is 0 Å². The van der Waals surface area contributed by atoms with Crippen molar-refractivity contribution < 1.29 is 0 Å². The van der Waals surface area contributed by atoms with Crippen molar-refractivity contribution in [2.75, 3.05) is 0 Å². The molecule has 6 rings (SSSR count). The molecule has 1 aliphatic heterocycles. The first kappa shape index (κ1) is 16.4. The van der Waals surface area contributed by atoms with E-state index in [9.17, 15) is 0 Å². The van der Waals surface area contributed by atoms with E-state index in [0.29, 0.717) is 0 Å². The Morgan fingerprint density at radius 1 is 0.759 bits per heavy atom. The predicted octanol–water partition coefficient (Wildman–Crippen LogP) is 5.04. The Kier molecular flexibility index (Phi) is 3.66. The highest BCUT2D eigenvalue weighted by Crippen LogP contribution is 2.40. The highest BCUT2D eigenvalue weighted by atomic mass is 15.3. The fourth-order valence-electron chi connectivity index (χ4n) is 4.43. The Labute approximate surface area is 168 Å². The lowest BCUT2D eigenvalue weighted by Gasteiger charge is -2.15. The van der Waals surface area contributed by atoms with E-state index < -0.39 is 0 Å². The second-order valence-corrected chi connectivity index (χ2v) is 7.46. The monoisotopic (exact) mass is 377 g/mol. The third-order valence-corrected chi connectivity index (χ3v) is 5.75. The number of nitrogens with zero attached hydrogens (tertiary/aromatic N) is 5. The van der Waals surface area contributed by atoms with Gasteiger partial charge in [-0.1, -0.05) is 24.3 Å². The molecule has 0 bridgehead atoms. The van der Waals surface area contributed by atoms with Gasteiger partial charge in [0, 0.05) is 47.2 Å². The largest absolute Gasteiger partial charge is 0.268 e. The van der Waals surface area contributed by atoms with E-state index in [1.165, 1.54) is 24.1 Å². The summed E-state index contributed by atoms with van der Waals surface area (Å²) in [6.07, 6.45) is 8.94. The van der Waals surface area contributed by atoms with Gasteiger partial charge in [-0.3, -0.25) is 19.6 Å². The van der Waals surface area contributed by atoms with Crippen molar-refractivity contribution in [1.29, 1.82) is 0 Å². The van der Waals surface area contributed by atoms with E-state index >= 15 is 0 Å². The molecule has 4 aromatic heterocycles. The summed E-state index contributed by atoms with van der Waals surface area (Å²) in [5.74, 6) is 0. The smallest absolute Gasteiger partial charge is 0.119 e. The van der Waals surface area contributed by atoms with Crippen LogP contribution in [0.25, 0.3) is 44.3 Å². The Balaban J connectivity index is 1.70. The van der Waals surface area contributed by atoms with Crippen LogP contribution in [0.15, 0.2) is 67.1 Å². The maximum Gasteiger partial charge on any atom is 0.119 e. The second-order valence-electron chi connectivity index (χ2n) is 7.46. The molecule has 0 spiro atoms. The van der Waals surface area contributed by atoms with Crippen molar-refractivity contribution >= 4 is 21.8 Å². The van der Waals surface area contributed by atoms with Gasteiger partial charge in [-0.2, -0.15) is 5.10 Å². The van der Waals surface area contributed by atoms with Crippen LogP contribution >= 0.6 is 0 Å². The fourth-order valence-corrected chi connectivity index (χ4v) is 4.43. The van der Waals surface area contributed by atoms with E-state index in [-0.39, 0.29) is 0 Å². The average Bonchev–Trinajstić information content (AvgIpc) is 3.18. The molecule has 0 N–H and O–H groups in total. The standard InChI is InChI=1S/C24H19N5/c1-3-12-25-19(7-1)24-21(20-8-2-4-15-29(20)28-24)17-11-14-27-23-18(17)10-9-16-6-5-13-26-22(16)23/h1,3,5-7,9-14H,2,4,8,15H2. The van der Waals surface area contributed by atoms with Gasteiger partial charge in [0.1, 0.15) is 5.69 Å². The lowest BCUT2D eigenvalue weighted by Crippen LogP contribution is -2.11. The molecule has 0 radical (unpaired) electrons. The summed E-state index contributed by atoms with van der Waals surface area (Å²) in [5.41, 5.74) is 7.38. The van der Waals surface area contributed by atoms with Gasteiger partial charge in [-0.25, -0.2) is 0 Å². The lowest BCUT2D eigenvalue weighted by atomic mass is 9.94. The van der Waals surface area contributed by atoms with Crippen LogP contribution in [0.2, 0.25) is 0 Å². The highest BCUT2D eigenvalue weighted by molar-refractivity contribution is 6.09. The van der Waals surface area contributed by atoms with Crippen LogP contribution in [0.5, 0.6) is 0 Å². The molecule has 1 aliphatic rings. The molecule has 0 fully saturated rings. The van der Waals surface area contributed by atoms with Crippen molar-refractivity contribution in [2.24, 2.45) is 0 Å². The number of fused-ring (bicyclic) bond motifs is 4. The Morgan fingerprint density at radius 3 is 2.62 bits per heavy atom. The number of pyridine rings is 3. The molecule has 29 heavy (non-hydrogen) atoms. The molecule has 5 nitrogen and oxygen atoms in total. The minimum atomic E-state index is 0.910. The zero-order valence-electron chi connectivity index (χ0n) is 15.9. The van der Waals surface area contributed by atoms with Crippen LogP contribution in [-0.2, 0) is 13.0 Å². The third-order valence-electron chi connectivity index (χ3n) is 5.75. The number of aromatic nitrogens is 5. The average molecular weight is 377 g/mol. The van der Waals surface area contributed by atoms with E-state index in [4.69, 9.17) is 5.10 Å². The molecule has 140 valence electrons. The summed E-state index contributed by atoms with van der Waals surface area (Å²) in [5, 5.41) is 7.20. The van der Waals surface area contributed by atoms with E-state index in [2.05, 4.69) is 43.9 Å². The van der Waals surface area contributed by atoms with E-state index in [1.807, 2.05) is 42.9 Å². The molecule has 5 aromatic rings. The van der Waals surface area contributed by atoms with E-state index in [0.717, 1.165) is 51.7 Å². The fraction of sp³-hybridized carbons (Fsp3) is 0.167. The summed E-state index contributed by atoms with van der Waals surface area (Å²) < 4.78 is 2.18. The summed E-state index contributed by atoms with van der Waals surface area (Å²) >= 11 is 0. The van der Waals surface area contributed by atoms with Crippen LogP contribution in [0.3, 0.4) is 0 Å². The zero-order chi connectivity index (χ0) is 19.2. The predicted molar refractivity (Wildman–Crippen MR) is 114 cm³/mol. The number of benzene rings is 1. The molecule has 0 amide bonds. The molecule has 0 atom stereocenters. The van der Waals surface area contributed by atoms with Crippen LogP contribution in [-0.4, -0.2) is 24.7 Å². The van der Waals surface area contributed by atoms with Gasteiger partial charge in [-0.05, 0) is 49.1 Å². The van der Waals surface area contributed by atoms with Crippen LogP contribution < -0.4 is 0 Å². The molecule has 0 saturated carbocycles. The molecule has 1 aromatic carbocycles. The first-order chi connectivity index (χ1) is 14.4. The maximum absolute atomic E-state index is 4.98. The van der Waals surface area contributed by atoms with Crippen molar-refractivity contribution in [1.82, 2.24) is 24.7 Å². The van der Waals surface area contributed by atoms with Crippen molar-refractivity contribution in [3.63, 3.8) is 0 Å². The van der Waals surface area contributed by atoms with Gasteiger partial charge in [0.25, 0.3) is 0 Å². The number of hydrogen-bond donors (Lipinski definition) is 0. The summed E-state index contributed by atoms with van der Waals surface area (Å²) in [6, 6.07) is 16.4. The highest BCUT2D eigenvalue weighted by Gasteiger charge is 2.24. The first-order valence-electron chi connectivity index (χ1n) is 10.0. The zero-order valence-corrected chi connectivity index (χ0v) is 15.9. The van der Waals surface area contributed by atoms with Crippen molar-refractivity contribution in [2.45, 2.75) is 25.8 Å². The molecule has 0 aliphatic carbocycles. The summed E-state index contributed by atoms with van der Waals surface area (Å²) in [4.78, 5) is 13.9. The SMILES string of the molecule is c1ccc(-c2nn3c(c2-c2ccnc4c2ccc2cccnc24)CCCC3)nc1. The van der Waals surface area contributed by atoms with Gasteiger partial charge < -0.3 is 0 Å².